The number of aryl methyl sites for hydroxylation is 1. The minimum atomic E-state index is 0.00406. The van der Waals surface area contributed by atoms with E-state index in [4.69, 9.17) is 0 Å². The molecule has 0 saturated heterocycles. The van der Waals surface area contributed by atoms with Crippen LogP contribution in [0.1, 0.15) is 28.7 Å². The first-order chi connectivity index (χ1) is 13.6. The van der Waals surface area contributed by atoms with Crippen LogP contribution in [0.3, 0.4) is 0 Å². The fourth-order valence-electron chi connectivity index (χ4n) is 3.25. The molecule has 2 aromatic heterocycles. The zero-order valence-electron chi connectivity index (χ0n) is 16.0. The maximum Gasteiger partial charge on any atom is 0.253 e. The Hall–Kier alpha value is -3.48. The molecule has 0 atom stereocenters. The molecule has 0 radical (unpaired) electrons. The smallest absolute Gasteiger partial charge is 0.253 e. The van der Waals surface area contributed by atoms with Crippen LogP contribution in [0.2, 0.25) is 0 Å². The molecular weight excluding hydrogens is 352 g/mol. The molecule has 142 valence electrons. The van der Waals surface area contributed by atoms with Gasteiger partial charge in [0, 0.05) is 30.8 Å². The summed E-state index contributed by atoms with van der Waals surface area (Å²) < 4.78 is 1.78. The van der Waals surface area contributed by atoms with Crippen LogP contribution in [-0.4, -0.2) is 48.6 Å². The van der Waals surface area contributed by atoms with Gasteiger partial charge in [-0.05, 0) is 49.7 Å². The Morgan fingerprint density at radius 2 is 1.96 bits per heavy atom. The van der Waals surface area contributed by atoms with Gasteiger partial charge in [0.05, 0.1) is 11.0 Å². The lowest BCUT2D eigenvalue weighted by Crippen LogP contribution is -2.33. The van der Waals surface area contributed by atoms with Crippen molar-refractivity contribution in [2.45, 2.75) is 20.3 Å². The third kappa shape index (κ3) is 3.64. The van der Waals surface area contributed by atoms with Gasteiger partial charge in [-0.25, -0.2) is 4.98 Å². The zero-order chi connectivity index (χ0) is 19.5. The van der Waals surface area contributed by atoms with Crippen molar-refractivity contribution in [3.05, 3.63) is 72.1 Å². The average molecular weight is 374 g/mol. The third-order valence-corrected chi connectivity index (χ3v) is 4.78. The van der Waals surface area contributed by atoms with Crippen LogP contribution < -0.4 is 0 Å². The summed E-state index contributed by atoms with van der Waals surface area (Å²) in [4.78, 5) is 22.8. The predicted molar refractivity (Wildman–Crippen MR) is 107 cm³/mol. The molecule has 0 aliphatic carbocycles. The highest BCUT2D eigenvalue weighted by atomic mass is 16.2. The average Bonchev–Trinajstić information content (AvgIpc) is 3.38. The summed E-state index contributed by atoms with van der Waals surface area (Å²) in [5, 5.41) is 7.64. The SMILES string of the molecule is CCN(CCc1nc2ccc(C)cc2[nH]1)C(=O)c1cccc(-n2cnnc2)c1. The molecule has 1 amide bonds. The van der Waals surface area contributed by atoms with Crippen molar-refractivity contribution in [2.24, 2.45) is 0 Å². The predicted octanol–water partition coefficient (Wildman–Crippen LogP) is 3.16. The first-order valence-electron chi connectivity index (χ1n) is 9.33. The van der Waals surface area contributed by atoms with Crippen LogP contribution in [0.4, 0.5) is 0 Å². The molecule has 7 nitrogen and oxygen atoms in total. The molecule has 0 bridgehead atoms. The van der Waals surface area contributed by atoms with Gasteiger partial charge in [-0.1, -0.05) is 12.1 Å². The van der Waals surface area contributed by atoms with E-state index in [0.717, 1.165) is 22.5 Å². The van der Waals surface area contributed by atoms with E-state index in [1.54, 1.807) is 17.2 Å². The van der Waals surface area contributed by atoms with Crippen LogP contribution in [0.5, 0.6) is 0 Å². The number of carbonyl (C=O) groups is 1. The monoisotopic (exact) mass is 374 g/mol. The lowest BCUT2D eigenvalue weighted by Gasteiger charge is -2.20. The van der Waals surface area contributed by atoms with Gasteiger partial charge < -0.3 is 9.88 Å². The Morgan fingerprint density at radius 1 is 1.14 bits per heavy atom. The minimum absolute atomic E-state index is 0.00406. The maximum absolute atomic E-state index is 13.0. The number of aromatic nitrogens is 5. The molecular formula is C21H22N6O. The molecule has 0 saturated carbocycles. The van der Waals surface area contributed by atoms with Gasteiger partial charge in [0.15, 0.2) is 0 Å². The number of nitrogens with zero attached hydrogens (tertiary/aromatic N) is 5. The summed E-state index contributed by atoms with van der Waals surface area (Å²) in [7, 11) is 0. The van der Waals surface area contributed by atoms with E-state index in [2.05, 4.69) is 39.2 Å². The summed E-state index contributed by atoms with van der Waals surface area (Å²) >= 11 is 0. The summed E-state index contributed by atoms with van der Waals surface area (Å²) in [6.45, 7) is 5.29. The topological polar surface area (TPSA) is 79.7 Å². The first kappa shape index (κ1) is 17.9. The molecule has 28 heavy (non-hydrogen) atoms. The van der Waals surface area contributed by atoms with Crippen molar-refractivity contribution in [3.8, 4) is 5.69 Å². The number of imidazole rings is 1. The third-order valence-electron chi connectivity index (χ3n) is 4.78. The molecule has 0 aliphatic heterocycles. The number of hydrogen-bond acceptors (Lipinski definition) is 4. The Balaban J connectivity index is 1.48. The first-order valence-corrected chi connectivity index (χ1v) is 9.33. The number of rotatable bonds is 6. The minimum Gasteiger partial charge on any atom is -0.342 e. The van der Waals surface area contributed by atoms with Crippen molar-refractivity contribution < 1.29 is 4.79 Å². The van der Waals surface area contributed by atoms with Crippen molar-refractivity contribution in [1.82, 2.24) is 29.6 Å². The number of carbonyl (C=O) groups excluding carboxylic acids is 1. The number of fused-ring (bicyclic) bond motifs is 1. The molecule has 1 N–H and O–H groups in total. The van der Waals surface area contributed by atoms with Crippen molar-refractivity contribution in [2.75, 3.05) is 13.1 Å². The van der Waals surface area contributed by atoms with E-state index in [-0.39, 0.29) is 5.91 Å². The van der Waals surface area contributed by atoms with Crippen molar-refractivity contribution >= 4 is 16.9 Å². The lowest BCUT2D eigenvalue weighted by atomic mass is 10.1. The van der Waals surface area contributed by atoms with Gasteiger partial charge in [-0.3, -0.25) is 9.36 Å². The molecule has 0 unspecified atom stereocenters. The number of likely N-dealkylation sites (N-methyl/N-ethyl adjacent to an activating group) is 1. The van der Waals surface area contributed by atoms with E-state index in [1.807, 2.05) is 42.2 Å². The largest absolute Gasteiger partial charge is 0.342 e. The summed E-state index contributed by atoms with van der Waals surface area (Å²) in [5.74, 6) is 0.898. The van der Waals surface area contributed by atoms with E-state index >= 15 is 0 Å². The molecule has 2 heterocycles. The fourth-order valence-corrected chi connectivity index (χ4v) is 3.25. The van der Waals surface area contributed by atoms with Crippen LogP contribution in [-0.2, 0) is 6.42 Å². The van der Waals surface area contributed by atoms with Gasteiger partial charge in [-0.15, -0.1) is 10.2 Å². The second-order valence-corrected chi connectivity index (χ2v) is 6.76. The summed E-state index contributed by atoms with van der Waals surface area (Å²) in [6.07, 6.45) is 3.91. The normalized spacial score (nSPS) is 11.1. The van der Waals surface area contributed by atoms with Gasteiger partial charge in [0.25, 0.3) is 5.91 Å². The highest BCUT2D eigenvalue weighted by molar-refractivity contribution is 5.94. The van der Waals surface area contributed by atoms with E-state index in [0.29, 0.717) is 25.1 Å². The number of benzene rings is 2. The van der Waals surface area contributed by atoms with E-state index in [9.17, 15) is 4.79 Å². The Morgan fingerprint density at radius 3 is 2.75 bits per heavy atom. The Labute approximate surface area is 163 Å². The van der Waals surface area contributed by atoms with Gasteiger partial charge >= 0.3 is 0 Å². The highest BCUT2D eigenvalue weighted by Gasteiger charge is 2.15. The van der Waals surface area contributed by atoms with Gasteiger partial charge in [0.2, 0.25) is 0 Å². The van der Waals surface area contributed by atoms with Crippen LogP contribution in [0, 0.1) is 6.92 Å². The van der Waals surface area contributed by atoms with Crippen LogP contribution in [0.25, 0.3) is 16.7 Å². The number of aromatic amines is 1. The number of hydrogen-bond donors (Lipinski definition) is 1. The van der Waals surface area contributed by atoms with E-state index in [1.165, 1.54) is 5.56 Å². The second-order valence-electron chi connectivity index (χ2n) is 6.76. The summed E-state index contributed by atoms with van der Waals surface area (Å²) in [6, 6.07) is 13.7. The summed E-state index contributed by atoms with van der Waals surface area (Å²) in [5.41, 5.74) is 4.69. The zero-order valence-corrected chi connectivity index (χ0v) is 16.0. The quantitative estimate of drug-likeness (QED) is 0.562. The number of H-pyrrole nitrogens is 1. The molecule has 4 rings (SSSR count). The Bertz CT molecular complexity index is 1100. The standard InChI is InChI=1S/C21H22N6O/c1-3-26(10-9-20-24-18-8-7-15(2)11-19(18)25-20)21(28)16-5-4-6-17(12-16)27-13-22-23-14-27/h4-8,11-14H,3,9-10H2,1-2H3,(H,24,25). The van der Waals surface area contributed by atoms with Crippen molar-refractivity contribution in [1.29, 1.82) is 0 Å². The number of amides is 1. The molecule has 0 spiro atoms. The molecule has 7 heteroatoms. The molecule has 2 aromatic carbocycles. The van der Waals surface area contributed by atoms with Crippen molar-refractivity contribution in [3.63, 3.8) is 0 Å². The second kappa shape index (κ2) is 7.64. The van der Waals surface area contributed by atoms with Crippen LogP contribution in [0.15, 0.2) is 55.1 Å². The molecule has 4 aromatic rings. The lowest BCUT2D eigenvalue weighted by molar-refractivity contribution is 0.0765. The van der Waals surface area contributed by atoms with Crippen LogP contribution >= 0.6 is 0 Å². The maximum atomic E-state index is 13.0. The Kier molecular flexibility index (Phi) is 4.89. The van der Waals surface area contributed by atoms with Gasteiger partial charge in [-0.2, -0.15) is 0 Å². The molecule has 0 fully saturated rings. The van der Waals surface area contributed by atoms with E-state index < -0.39 is 0 Å². The van der Waals surface area contributed by atoms with Gasteiger partial charge in [0.1, 0.15) is 18.5 Å². The number of nitrogens with one attached hydrogen (secondary N) is 1. The highest BCUT2D eigenvalue weighted by Crippen LogP contribution is 2.15. The molecule has 0 aliphatic rings. The fraction of sp³-hybridized carbons (Fsp3) is 0.238.